The summed E-state index contributed by atoms with van der Waals surface area (Å²) in [6.45, 7) is 0.242. The first-order valence-corrected chi connectivity index (χ1v) is 8.19. The van der Waals surface area contributed by atoms with Gasteiger partial charge in [-0.3, -0.25) is 4.79 Å². The maximum absolute atomic E-state index is 11.7. The van der Waals surface area contributed by atoms with Crippen molar-refractivity contribution in [3.05, 3.63) is 54.1 Å². The first-order valence-electron chi connectivity index (χ1n) is 7.21. The molecule has 0 unspecified atom stereocenters. The van der Waals surface area contributed by atoms with Crippen LogP contribution >= 0.6 is 11.8 Å². The molecular weight excluding hydrogens is 312 g/mol. The Morgan fingerprint density at radius 2 is 2.00 bits per heavy atom. The molecule has 0 aliphatic carbocycles. The molecule has 2 aromatic rings. The standard InChI is InChI=1S/C17H16N2O3S/c20-17(8-9-23-14-4-2-1-3-5-14)19-18-11-13-6-7-15-16(10-13)22-12-21-15/h1-7,10-11H,8-9,12H2,(H,19,20)/b18-11-. The largest absolute Gasteiger partial charge is 0.454 e. The lowest BCUT2D eigenvalue weighted by atomic mass is 10.2. The summed E-state index contributed by atoms with van der Waals surface area (Å²) in [5.74, 6) is 2.03. The number of carbonyl (C=O) groups excluding carboxylic acids is 1. The van der Waals surface area contributed by atoms with Gasteiger partial charge in [-0.05, 0) is 35.9 Å². The van der Waals surface area contributed by atoms with Gasteiger partial charge >= 0.3 is 0 Å². The van der Waals surface area contributed by atoms with Gasteiger partial charge in [0.15, 0.2) is 11.5 Å². The van der Waals surface area contributed by atoms with Crippen LogP contribution in [0.3, 0.4) is 0 Å². The van der Waals surface area contributed by atoms with E-state index in [1.165, 1.54) is 0 Å². The quantitative estimate of drug-likeness (QED) is 0.503. The van der Waals surface area contributed by atoms with Gasteiger partial charge in [-0.1, -0.05) is 18.2 Å². The van der Waals surface area contributed by atoms with E-state index in [4.69, 9.17) is 9.47 Å². The molecule has 1 aliphatic rings. The average molecular weight is 328 g/mol. The van der Waals surface area contributed by atoms with Crippen LogP contribution in [0.2, 0.25) is 0 Å². The minimum Gasteiger partial charge on any atom is -0.454 e. The van der Waals surface area contributed by atoms with Crippen LogP contribution < -0.4 is 14.9 Å². The summed E-state index contributed by atoms with van der Waals surface area (Å²) in [4.78, 5) is 12.9. The minimum atomic E-state index is -0.106. The van der Waals surface area contributed by atoms with Crippen LogP contribution in [-0.2, 0) is 4.79 Å². The van der Waals surface area contributed by atoms with E-state index in [0.29, 0.717) is 12.2 Å². The molecule has 0 spiro atoms. The molecule has 6 heteroatoms. The van der Waals surface area contributed by atoms with Gasteiger partial charge in [0.05, 0.1) is 6.21 Å². The van der Waals surface area contributed by atoms with Crippen molar-refractivity contribution in [1.82, 2.24) is 5.43 Å². The number of carbonyl (C=O) groups is 1. The van der Waals surface area contributed by atoms with Crippen LogP contribution in [0.4, 0.5) is 0 Å². The molecule has 1 amide bonds. The molecule has 1 N–H and O–H groups in total. The highest BCUT2D eigenvalue weighted by Gasteiger charge is 2.12. The molecule has 23 heavy (non-hydrogen) atoms. The number of nitrogens with zero attached hydrogens (tertiary/aromatic N) is 1. The Bertz CT molecular complexity index is 704. The molecule has 1 aliphatic heterocycles. The van der Waals surface area contributed by atoms with E-state index in [1.807, 2.05) is 48.5 Å². The molecule has 3 rings (SSSR count). The lowest BCUT2D eigenvalue weighted by Gasteiger charge is -2.01. The first kappa shape index (κ1) is 15.4. The van der Waals surface area contributed by atoms with Gasteiger partial charge in [0.1, 0.15) is 0 Å². The molecule has 2 aromatic carbocycles. The fraction of sp³-hybridized carbons (Fsp3) is 0.176. The van der Waals surface area contributed by atoms with Gasteiger partial charge in [-0.2, -0.15) is 5.10 Å². The highest BCUT2D eigenvalue weighted by atomic mass is 32.2. The molecule has 0 saturated heterocycles. The summed E-state index contributed by atoms with van der Waals surface area (Å²) < 4.78 is 10.5. The SMILES string of the molecule is O=C(CCSc1ccccc1)N/N=C\c1ccc2c(c1)OCO2. The zero-order valence-electron chi connectivity index (χ0n) is 12.4. The molecule has 118 valence electrons. The van der Waals surface area contributed by atoms with E-state index < -0.39 is 0 Å². The number of benzene rings is 2. The van der Waals surface area contributed by atoms with Crippen molar-refractivity contribution in [3.63, 3.8) is 0 Å². The van der Waals surface area contributed by atoms with Gasteiger partial charge < -0.3 is 9.47 Å². The Labute approximate surface area is 138 Å². The molecular formula is C17H16N2O3S. The van der Waals surface area contributed by atoms with E-state index in [9.17, 15) is 4.79 Å². The molecule has 0 bridgehead atoms. The zero-order valence-corrected chi connectivity index (χ0v) is 13.2. The van der Waals surface area contributed by atoms with Crippen molar-refractivity contribution >= 4 is 23.9 Å². The molecule has 0 radical (unpaired) electrons. The summed E-state index contributed by atoms with van der Waals surface area (Å²) in [5, 5.41) is 3.96. The Morgan fingerprint density at radius 3 is 2.87 bits per heavy atom. The summed E-state index contributed by atoms with van der Waals surface area (Å²) in [5.41, 5.74) is 3.37. The molecule has 1 heterocycles. The van der Waals surface area contributed by atoms with Crippen molar-refractivity contribution < 1.29 is 14.3 Å². The molecule has 0 fully saturated rings. The highest BCUT2D eigenvalue weighted by molar-refractivity contribution is 7.99. The average Bonchev–Trinajstić information content (AvgIpc) is 3.03. The maximum Gasteiger partial charge on any atom is 0.240 e. The zero-order chi connectivity index (χ0) is 15.9. The van der Waals surface area contributed by atoms with E-state index in [-0.39, 0.29) is 12.7 Å². The molecule has 0 saturated carbocycles. The third kappa shape index (κ3) is 4.50. The summed E-state index contributed by atoms with van der Waals surface area (Å²) in [7, 11) is 0. The van der Waals surface area contributed by atoms with Crippen LogP contribution in [-0.4, -0.2) is 24.7 Å². The van der Waals surface area contributed by atoms with Crippen LogP contribution in [0.15, 0.2) is 58.5 Å². The number of hydrazone groups is 1. The third-order valence-electron chi connectivity index (χ3n) is 3.14. The number of thioether (sulfide) groups is 1. The monoisotopic (exact) mass is 328 g/mol. The number of hydrogen-bond donors (Lipinski definition) is 1. The fourth-order valence-electron chi connectivity index (χ4n) is 2.01. The van der Waals surface area contributed by atoms with Crippen LogP contribution in [0.25, 0.3) is 0 Å². The molecule has 5 nitrogen and oxygen atoms in total. The molecule has 0 atom stereocenters. The second kappa shape index (κ2) is 7.69. The van der Waals surface area contributed by atoms with Crippen LogP contribution in [0.1, 0.15) is 12.0 Å². The Morgan fingerprint density at radius 1 is 1.17 bits per heavy atom. The summed E-state index contributed by atoms with van der Waals surface area (Å²) >= 11 is 1.65. The summed E-state index contributed by atoms with van der Waals surface area (Å²) in [6, 6.07) is 15.5. The topological polar surface area (TPSA) is 59.9 Å². The van der Waals surface area contributed by atoms with E-state index in [0.717, 1.165) is 22.0 Å². The minimum absolute atomic E-state index is 0.106. The predicted molar refractivity (Wildman–Crippen MR) is 90.1 cm³/mol. The Balaban J connectivity index is 1.42. The van der Waals surface area contributed by atoms with Crippen molar-refractivity contribution in [1.29, 1.82) is 0 Å². The molecule has 0 aromatic heterocycles. The van der Waals surface area contributed by atoms with Crippen molar-refractivity contribution in [3.8, 4) is 11.5 Å². The third-order valence-corrected chi connectivity index (χ3v) is 4.15. The van der Waals surface area contributed by atoms with Crippen molar-refractivity contribution in [2.24, 2.45) is 5.10 Å². The van der Waals surface area contributed by atoms with Crippen molar-refractivity contribution in [2.75, 3.05) is 12.5 Å². The summed E-state index contributed by atoms with van der Waals surface area (Å²) in [6.07, 6.45) is 2.00. The lowest BCUT2D eigenvalue weighted by molar-refractivity contribution is -0.120. The van der Waals surface area contributed by atoms with E-state index >= 15 is 0 Å². The highest BCUT2D eigenvalue weighted by Crippen LogP contribution is 2.31. The maximum atomic E-state index is 11.7. The number of ether oxygens (including phenoxy) is 2. The second-order valence-corrected chi connectivity index (χ2v) is 5.99. The lowest BCUT2D eigenvalue weighted by Crippen LogP contribution is -2.17. The Hall–Kier alpha value is -2.47. The number of fused-ring (bicyclic) bond motifs is 1. The number of rotatable bonds is 6. The Kier molecular flexibility index (Phi) is 5.16. The van der Waals surface area contributed by atoms with Gasteiger partial charge in [0, 0.05) is 17.1 Å². The van der Waals surface area contributed by atoms with E-state index in [1.54, 1.807) is 18.0 Å². The number of nitrogens with one attached hydrogen (secondary N) is 1. The first-order chi connectivity index (χ1) is 11.3. The van der Waals surface area contributed by atoms with Gasteiger partial charge in [-0.15, -0.1) is 11.8 Å². The van der Waals surface area contributed by atoms with Crippen LogP contribution in [0, 0.1) is 0 Å². The smallest absolute Gasteiger partial charge is 0.240 e. The van der Waals surface area contributed by atoms with E-state index in [2.05, 4.69) is 10.5 Å². The fourth-order valence-corrected chi connectivity index (χ4v) is 2.88. The van der Waals surface area contributed by atoms with Crippen molar-refractivity contribution in [2.45, 2.75) is 11.3 Å². The normalized spacial score (nSPS) is 12.5. The van der Waals surface area contributed by atoms with Crippen LogP contribution in [0.5, 0.6) is 11.5 Å². The predicted octanol–water partition coefficient (Wildman–Crippen LogP) is 3.05. The number of amides is 1. The van der Waals surface area contributed by atoms with Gasteiger partial charge in [0.25, 0.3) is 0 Å². The van der Waals surface area contributed by atoms with Gasteiger partial charge in [0.2, 0.25) is 12.7 Å². The second-order valence-electron chi connectivity index (χ2n) is 4.82. The number of hydrogen-bond acceptors (Lipinski definition) is 5. The van der Waals surface area contributed by atoms with Gasteiger partial charge in [-0.25, -0.2) is 5.43 Å².